The summed E-state index contributed by atoms with van der Waals surface area (Å²) in [7, 11) is -1.83. The molecule has 0 aliphatic rings. The van der Waals surface area contributed by atoms with E-state index in [-0.39, 0.29) is 11.5 Å². The molecule has 0 saturated carbocycles. The van der Waals surface area contributed by atoms with Crippen LogP contribution in [0, 0.1) is 5.41 Å². The van der Waals surface area contributed by atoms with Gasteiger partial charge in [-0.1, -0.05) is 26.8 Å². The lowest BCUT2D eigenvalue weighted by molar-refractivity contribution is 0.237. The maximum absolute atomic E-state index is 12.2. The molecule has 18 heavy (non-hydrogen) atoms. The first-order chi connectivity index (χ1) is 8.19. The first kappa shape index (κ1) is 15.6. The average molecular weight is 291 g/mol. The number of hydrogen-bond donors (Lipinski definition) is 2. The van der Waals surface area contributed by atoms with Gasteiger partial charge in [0.05, 0.1) is 0 Å². The van der Waals surface area contributed by atoms with Crippen LogP contribution in [0.5, 0.6) is 0 Å². The summed E-state index contributed by atoms with van der Waals surface area (Å²) in [4.78, 5) is 0. The SMILES string of the molecule is CN(C[C@@H](NN)C(C)(C)C)S(=O)(=O)c1cccs1. The minimum Gasteiger partial charge on any atom is -0.271 e. The van der Waals surface area contributed by atoms with E-state index < -0.39 is 10.0 Å². The zero-order valence-electron chi connectivity index (χ0n) is 11.2. The summed E-state index contributed by atoms with van der Waals surface area (Å²) >= 11 is 1.22. The van der Waals surface area contributed by atoms with Crippen LogP contribution >= 0.6 is 11.3 Å². The van der Waals surface area contributed by atoms with Crippen LogP contribution < -0.4 is 11.3 Å². The van der Waals surface area contributed by atoms with E-state index in [0.717, 1.165) is 0 Å². The number of thiophene rings is 1. The molecule has 0 bridgehead atoms. The predicted octanol–water partition coefficient (Wildman–Crippen LogP) is 1.25. The number of rotatable bonds is 5. The highest BCUT2D eigenvalue weighted by Crippen LogP contribution is 2.23. The van der Waals surface area contributed by atoms with Crippen molar-refractivity contribution in [1.82, 2.24) is 9.73 Å². The summed E-state index contributed by atoms with van der Waals surface area (Å²) in [5.41, 5.74) is 2.57. The Labute approximate surface area is 113 Å². The van der Waals surface area contributed by atoms with Crippen LogP contribution in [0.2, 0.25) is 0 Å². The summed E-state index contributed by atoms with van der Waals surface area (Å²) < 4.78 is 26.2. The Bertz CT molecular complexity index is 463. The number of hydrazine groups is 1. The van der Waals surface area contributed by atoms with Crippen LogP contribution in [-0.4, -0.2) is 32.4 Å². The quantitative estimate of drug-likeness (QED) is 0.632. The lowest BCUT2D eigenvalue weighted by atomic mass is 9.87. The van der Waals surface area contributed by atoms with Gasteiger partial charge in [-0.3, -0.25) is 11.3 Å². The van der Waals surface area contributed by atoms with Crippen molar-refractivity contribution in [2.75, 3.05) is 13.6 Å². The van der Waals surface area contributed by atoms with E-state index in [1.165, 1.54) is 15.6 Å². The van der Waals surface area contributed by atoms with Crippen LogP contribution in [0.25, 0.3) is 0 Å². The van der Waals surface area contributed by atoms with Gasteiger partial charge >= 0.3 is 0 Å². The molecule has 104 valence electrons. The Morgan fingerprint density at radius 1 is 1.50 bits per heavy atom. The Hall–Kier alpha value is -0.470. The van der Waals surface area contributed by atoms with Gasteiger partial charge in [0.25, 0.3) is 10.0 Å². The van der Waals surface area contributed by atoms with Gasteiger partial charge in [0.1, 0.15) is 4.21 Å². The molecule has 0 aliphatic heterocycles. The van der Waals surface area contributed by atoms with Gasteiger partial charge in [-0.25, -0.2) is 8.42 Å². The van der Waals surface area contributed by atoms with Gasteiger partial charge in [-0.15, -0.1) is 11.3 Å². The Balaban J connectivity index is 2.86. The Morgan fingerprint density at radius 2 is 2.11 bits per heavy atom. The standard InChI is InChI=1S/C11H21N3O2S2/c1-11(2,3)9(13-12)8-14(4)18(15,16)10-6-5-7-17-10/h5-7,9,13H,8,12H2,1-4H3/t9-/m1/s1. The van der Waals surface area contributed by atoms with E-state index in [1.54, 1.807) is 24.6 Å². The molecule has 1 atom stereocenters. The van der Waals surface area contributed by atoms with E-state index in [1.807, 2.05) is 20.8 Å². The largest absolute Gasteiger partial charge is 0.271 e. The van der Waals surface area contributed by atoms with Crippen LogP contribution in [0.3, 0.4) is 0 Å². The van der Waals surface area contributed by atoms with Crippen molar-refractivity contribution in [3.8, 4) is 0 Å². The molecule has 0 spiro atoms. The first-order valence-electron chi connectivity index (χ1n) is 5.65. The fourth-order valence-corrected chi connectivity index (χ4v) is 3.88. The molecule has 7 heteroatoms. The summed E-state index contributed by atoms with van der Waals surface area (Å²) in [6.45, 7) is 6.38. The smallest absolute Gasteiger partial charge is 0.252 e. The molecule has 1 rings (SSSR count). The van der Waals surface area contributed by atoms with Crippen molar-refractivity contribution in [2.24, 2.45) is 11.3 Å². The van der Waals surface area contributed by atoms with E-state index in [2.05, 4.69) is 5.43 Å². The molecule has 1 aromatic rings. The Morgan fingerprint density at radius 3 is 2.50 bits per heavy atom. The summed E-state index contributed by atoms with van der Waals surface area (Å²) in [5, 5.41) is 1.75. The van der Waals surface area contributed by atoms with E-state index in [0.29, 0.717) is 10.8 Å². The predicted molar refractivity (Wildman–Crippen MR) is 74.7 cm³/mol. The fraction of sp³-hybridized carbons (Fsp3) is 0.636. The molecule has 0 radical (unpaired) electrons. The maximum atomic E-state index is 12.2. The summed E-state index contributed by atoms with van der Waals surface area (Å²) in [5.74, 6) is 5.50. The molecule has 0 fully saturated rings. The van der Waals surface area contributed by atoms with Crippen LogP contribution in [0.4, 0.5) is 0 Å². The van der Waals surface area contributed by atoms with Crippen molar-refractivity contribution in [3.63, 3.8) is 0 Å². The first-order valence-corrected chi connectivity index (χ1v) is 7.97. The molecule has 5 nitrogen and oxygen atoms in total. The van der Waals surface area contributed by atoms with Gasteiger partial charge in [-0.2, -0.15) is 4.31 Å². The third kappa shape index (κ3) is 3.52. The van der Waals surface area contributed by atoms with Crippen molar-refractivity contribution in [3.05, 3.63) is 17.5 Å². The zero-order chi connectivity index (χ0) is 14.0. The molecule has 1 aromatic heterocycles. The highest BCUT2D eigenvalue weighted by Gasteiger charge is 2.30. The fourth-order valence-electron chi connectivity index (χ4n) is 1.50. The molecule has 1 heterocycles. The Kier molecular flexibility index (Phi) is 4.90. The van der Waals surface area contributed by atoms with E-state index in [9.17, 15) is 8.42 Å². The molecule has 0 amide bonds. The molecule has 0 unspecified atom stereocenters. The third-order valence-electron chi connectivity index (χ3n) is 2.85. The van der Waals surface area contributed by atoms with E-state index in [4.69, 9.17) is 5.84 Å². The number of nitrogens with zero attached hydrogens (tertiary/aromatic N) is 1. The van der Waals surface area contributed by atoms with Crippen molar-refractivity contribution in [1.29, 1.82) is 0 Å². The third-order valence-corrected chi connectivity index (χ3v) is 6.04. The molecule has 3 N–H and O–H groups in total. The zero-order valence-corrected chi connectivity index (χ0v) is 12.8. The molecular formula is C11H21N3O2S2. The monoisotopic (exact) mass is 291 g/mol. The van der Waals surface area contributed by atoms with Gasteiger partial charge in [-0.05, 0) is 16.9 Å². The number of hydrogen-bond acceptors (Lipinski definition) is 5. The second kappa shape index (κ2) is 5.66. The van der Waals surface area contributed by atoms with Gasteiger partial charge < -0.3 is 0 Å². The van der Waals surface area contributed by atoms with Gasteiger partial charge in [0, 0.05) is 19.6 Å². The lowest BCUT2D eigenvalue weighted by Gasteiger charge is -2.32. The van der Waals surface area contributed by atoms with Gasteiger partial charge in [0.2, 0.25) is 0 Å². The van der Waals surface area contributed by atoms with Crippen LogP contribution in [-0.2, 0) is 10.0 Å². The van der Waals surface area contributed by atoms with Crippen molar-refractivity contribution < 1.29 is 8.42 Å². The minimum absolute atomic E-state index is 0.114. The minimum atomic E-state index is -3.40. The van der Waals surface area contributed by atoms with Gasteiger partial charge in [0.15, 0.2) is 0 Å². The number of nitrogens with two attached hydrogens (primary N) is 1. The second-order valence-electron chi connectivity index (χ2n) is 5.30. The van der Waals surface area contributed by atoms with Crippen molar-refractivity contribution in [2.45, 2.75) is 31.0 Å². The molecule has 0 saturated heterocycles. The van der Waals surface area contributed by atoms with E-state index >= 15 is 0 Å². The molecule has 0 aromatic carbocycles. The van der Waals surface area contributed by atoms with Crippen LogP contribution in [0.15, 0.2) is 21.7 Å². The number of likely N-dealkylation sites (N-methyl/N-ethyl adjacent to an activating group) is 1. The number of sulfonamides is 1. The highest BCUT2D eigenvalue weighted by atomic mass is 32.2. The normalized spacial score (nSPS) is 15.0. The number of nitrogens with one attached hydrogen (secondary N) is 1. The van der Waals surface area contributed by atoms with Crippen molar-refractivity contribution >= 4 is 21.4 Å². The molecule has 0 aliphatic carbocycles. The lowest BCUT2D eigenvalue weighted by Crippen LogP contribution is -2.51. The van der Waals surface area contributed by atoms with Crippen LogP contribution in [0.1, 0.15) is 20.8 Å². The second-order valence-corrected chi connectivity index (χ2v) is 8.52. The maximum Gasteiger partial charge on any atom is 0.252 e. The summed E-state index contributed by atoms with van der Waals surface area (Å²) in [6, 6.07) is 3.23. The molecular weight excluding hydrogens is 270 g/mol. The highest BCUT2D eigenvalue weighted by molar-refractivity contribution is 7.91. The average Bonchev–Trinajstić information content (AvgIpc) is 2.77. The topological polar surface area (TPSA) is 75.4 Å². The summed E-state index contributed by atoms with van der Waals surface area (Å²) in [6.07, 6.45) is 0.